The predicted molar refractivity (Wildman–Crippen MR) is 105 cm³/mol. The molecule has 2 aromatic carbocycles. The molecule has 0 aliphatic heterocycles. The third-order valence-corrected chi connectivity index (χ3v) is 5.62. The van der Waals surface area contributed by atoms with Crippen LogP contribution in [0.5, 0.6) is 5.75 Å². The van der Waals surface area contributed by atoms with Gasteiger partial charge in [-0.25, -0.2) is 4.79 Å². The minimum Gasteiger partial charge on any atom is -0.458 e. The van der Waals surface area contributed by atoms with Gasteiger partial charge < -0.3 is 14.6 Å². The number of alkyl halides is 7. The molecule has 2 aromatic rings. The first kappa shape index (κ1) is 25.2. The molecule has 0 aliphatic carbocycles. The summed E-state index contributed by atoms with van der Waals surface area (Å²) in [5.41, 5.74) is -5.53. The third-order valence-electron chi connectivity index (χ3n) is 4.23. The zero-order valence-corrected chi connectivity index (χ0v) is 17.8. The van der Waals surface area contributed by atoms with Crippen molar-refractivity contribution in [1.29, 1.82) is 0 Å². The second-order valence-corrected chi connectivity index (χ2v) is 7.96. The summed E-state index contributed by atoms with van der Waals surface area (Å²) in [4.78, 5) is 23.8. The van der Waals surface area contributed by atoms with Crippen molar-refractivity contribution < 1.29 is 50.5 Å². The van der Waals surface area contributed by atoms with E-state index in [1.165, 1.54) is 30.3 Å². The number of ether oxygens (including phenoxy) is 2. The molecule has 31 heavy (non-hydrogen) atoms. The van der Waals surface area contributed by atoms with Crippen molar-refractivity contribution in [2.45, 2.75) is 35.2 Å². The van der Waals surface area contributed by atoms with Gasteiger partial charge in [-0.05, 0) is 41.5 Å². The van der Waals surface area contributed by atoms with Gasteiger partial charge in [0.15, 0.2) is 0 Å². The SMILES string of the molecule is CCC(I)C(=O)Oc1ccc2cc(C(=O)OCC(O)(C(F)(F)F)C(F)(F)F)ccc2c1. The van der Waals surface area contributed by atoms with Gasteiger partial charge in [0.2, 0.25) is 0 Å². The Morgan fingerprint density at radius 1 is 1.00 bits per heavy atom. The Morgan fingerprint density at radius 3 is 2.10 bits per heavy atom. The van der Waals surface area contributed by atoms with Gasteiger partial charge in [-0.1, -0.05) is 41.6 Å². The number of esters is 2. The zero-order valence-electron chi connectivity index (χ0n) is 15.7. The fourth-order valence-electron chi connectivity index (χ4n) is 2.34. The molecule has 0 aromatic heterocycles. The summed E-state index contributed by atoms with van der Waals surface area (Å²) < 4.78 is 85.0. The summed E-state index contributed by atoms with van der Waals surface area (Å²) in [6.07, 6.45) is -11.6. The van der Waals surface area contributed by atoms with E-state index in [1.54, 1.807) is 0 Å². The molecule has 0 spiro atoms. The van der Waals surface area contributed by atoms with E-state index in [-0.39, 0.29) is 15.2 Å². The van der Waals surface area contributed by atoms with Gasteiger partial charge in [0.05, 0.1) is 5.56 Å². The lowest BCUT2D eigenvalue weighted by Crippen LogP contribution is -2.60. The van der Waals surface area contributed by atoms with E-state index in [2.05, 4.69) is 4.74 Å². The molecule has 170 valence electrons. The van der Waals surface area contributed by atoms with E-state index in [9.17, 15) is 35.9 Å². The molecule has 0 heterocycles. The van der Waals surface area contributed by atoms with Crippen molar-refractivity contribution in [3.63, 3.8) is 0 Å². The Labute approximate surface area is 185 Å². The van der Waals surface area contributed by atoms with Gasteiger partial charge >= 0.3 is 24.3 Å². The van der Waals surface area contributed by atoms with E-state index in [0.29, 0.717) is 17.2 Å². The van der Waals surface area contributed by atoms with E-state index < -0.39 is 36.5 Å². The molecular weight excluding hydrogens is 549 g/mol. The topological polar surface area (TPSA) is 72.8 Å². The van der Waals surface area contributed by atoms with Gasteiger partial charge in [0.1, 0.15) is 16.3 Å². The third kappa shape index (κ3) is 5.59. The number of fused-ring (bicyclic) bond motifs is 1. The van der Waals surface area contributed by atoms with Crippen LogP contribution in [-0.2, 0) is 9.53 Å². The summed E-state index contributed by atoms with van der Waals surface area (Å²) in [5.74, 6) is -1.71. The van der Waals surface area contributed by atoms with Crippen LogP contribution < -0.4 is 4.74 Å². The highest BCUT2D eigenvalue weighted by molar-refractivity contribution is 14.1. The second-order valence-electron chi connectivity index (χ2n) is 6.45. The van der Waals surface area contributed by atoms with Crippen LogP contribution in [0.2, 0.25) is 0 Å². The molecule has 0 amide bonds. The Morgan fingerprint density at radius 2 is 1.55 bits per heavy atom. The molecular formula is C19H15F6IO5. The number of hydrogen-bond donors (Lipinski definition) is 1. The normalized spacial score (nSPS) is 13.7. The molecule has 0 aliphatic rings. The van der Waals surface area contributed by atoms with Gasteiger partial charge in [-0.3, -0.25) is 4.79 Å². The lowest BCUT2D eigenvalue weighted by Gasteiger charge is -2.31. The molecule has 0 saturated carbocycles. The van der Waals surface area contributed by atoms with Gasteiger partial charge in [0, 0.05) is 0 Å². The second kappa shape index (κ2) is 9.18. The highest BCUT2D eigenvalue weighted by atomic mass is 127. The van der Waals surface area contributed by atoms with E-state index in [0.717, 1.165) is 6.07 Å². The summed E-state index contributed by atoms with van der Waals surface area (Å²) in [6.45, 7) is -0.537. The maximum absolute atomic E-state index is 12.7. The lowest BCUT2D eigenvalue weighted by molar-refractivity contribution is -0.374. The van der Waals surface area contributed by atoms with Crippen molar-refractivity contribution in [2.24, 2.45) is 0 Å². The highest BCUT2D eigenvalue weighted by Crippen LogP contribution is 2.43. The zero-order chi connectivity index (χ0) is 23.6. The fraction of sp³-hybridized carbons (Fsp3) is 0.368. The number of aliphatic hydroxyl groups is 1. The molecule has 0 saturated heterocycles. The van der Waals surface area contributed by atoms with Crippen LogP contribution in [-0.4, -0.2) is 45.5 Å². The van der Waals surface area contributed by atoms with Crippen molar-refractivity contribution in [2.75, 3.05) is 6.61 Å². The molecule has 1 unspecified atom stereocenters. The quantitative estimate of drug-likeness (QED) is 0.177. The fourth-order valence-corrected chi connectivity index (χ4v) is 2.47. The van der Waals surface area contributed by atoms with E-state index in [4.69, 9.17) is 9.84 Å². The van der Waals surface area contributed by atoms with Crippen molar-refractivity contribution in [3.05, 3.63) is 42.0 Å². The van der Waals surface area contributed by atoms with Crippen LogP contribution in [0.3, 0.4) is 0 Å². The highest BCUT2D eigenvalue weighted by Gasteiger charge is 2.71. The molecule has 0 fully saturated rings. The minimum atomic E-state index is -6.10. The van der Waals surface area contributed by atoms with Crippen LogP contribution >= 0.6 is 22.6 Å². The van der Waals surface area contributed by atoms with Crippen LogP contribution in [0, 0.1) is 0 Å². The number of halogens is 7. The maximum atomic E-state index is 12.7. The minimum absolute atomic E-state index is 0.225. The van der Waals surface area contributed by atoms with Gasteiger partial charge in [-0.15, -0.1) is 0 Å². The molecule has 0 radical (unpaired) electrons. The summed E-state index contributed by atoms with van der Waals surface area (Å²) in [6, 6.07) is 7.99. The maximum Gasteiger partial charge on any atom is 0.429 e. The average Bonchev–Trinajstić information content (AvgIpc) is 2.68. The van der Waals surface area contributed by atoms with Gasteiger partial charge in [-0.2, -0.15) is 26.3 Å². The van der Waals surface area contributed by atoms with Crippen molar-refractivity contribution in [3.8, 4) is 5.75 Å². The average molecular weight is 564 g/mol. The number of rotatable bonds is 6. The predicted octanol–water partition coefficient (Wildman–Crippen LogP) is 4.97. The van der Waals surface area contributed by atoms with E-state index in [1.807, 2.05) is 29.5 Å². The molecule has 1 N–H and O–H groups in total. The first-order valence-electron chi connectivity index (χ1n) is 8.62. The monoisotopic (exact) mass is 564 g/mol. The van der Waals surface area contributed by atoms with E-state index >= 15 is 0 Å². The standard InChI is InChI=1S/C19H15F6IO5/c1-2-14(26)16(28)31-13-6-5-10-7-12(4-3-11(10)8-13)15(27)30-9-17(29,18(20,21)22)19(23,24)25/h3-8,14,29H,2,9H2,1H3. The molecule has 1 atom stereocenters. The van der Waals surface area contributed by atoms with Gasteiger partial charge in [0.25, 0.3) is 5.60 Å². The Bertz CT molecular complexity index is 958. The number of carbonyl (C=O) groups excluding carboxylic acids is 2. The molecule has 12 heteroatoms. The molecule has 5 nitrogen and oxygen atoms in total. The van der Waals surface area contributed by atoms with Crippen molar-refractivity contribution >= 4 is 45.3 Å². The summed E-state index contributed by atoms with van der Waals surface area (Å²) >= 11 is 1.93. The lowest BCUT2D eigenvalue weighted by atomic mass is 10.0. The Balaban J connectivity index is 2.19. The Hall–Kier alpha value is -2.09. The molecule has 0 bridgehead atoms. The van der Waals surface area contributed by atoms with Crippen LogP contribution in [0.4, 0.5) is 26.3 Å². The number of hydrogen-bond acceptors (Lipinski definition) is 5. The smallest absolute Gasteiger partial charge is 0.429 e. The van der Waals surface area contributed by atoms with Crippen LogP contribution in [0.25, 0.3) is 10.8 Å². The van der Waals surface area contributed by atoms with Crippen LogP contribution in [0.1, 0.15) is 23.7 Å². The van der Waals surface area contributed by atoms with Crippen LogP contribution in [0.15, 0.2) is 36.4 Å². The largest absolute Gasteiger partial charge is 0.458 e. The molecule has 2 rings (SSSR count). The summed E-state index contributed by atoms with van der Waals surface area (Å²) in [5, 5.41) is 9.92. The number of carbonyl (C=O) groups is 2. The summed E-state index contributed by atoms with van der Waals surface area (Å²) in [7, 11) is 0. The number of benzene rings is 2. The first-order chi connectivity index (χ1) is 14.2. The first-order valence-corrected chi connectivity index (χ1v) is 9.86. The van der Waals surface area contributed by atoms with Crippen molar-refractivity contribution in [1.82, 2.24) is 0 Å². The Kier molecular flexibility index (Phi) is 7.46.